The summed E-state index contributed by atoms with van der Waals surface area (Å²) >= 11 is 0. The van der Waals surface area contributed by atoms with Crippen molar-refractivity contribution in [3.63, 3.8) is 0 Å². The molecule has 11 nitrogen and oxygen atoms in total. The minimum atomic E-state index is -0.539. The van der Waals surface area contributed by atoms with Crippen molar-refractivity contribution in [2.75, 3.05) is 5.43 Å². The summed E-state index contributed by atoms with van der Waals surface area (Å²) in [5.41, 5.74) is 9.22. The third kappa shape index (κ3) is 4.91. The first-order chi connectivity index (χ1) is 19.2. The van der Waals surface area contributed by atoms with E-state index in [0.717, 1.165) is 39.5 Å². The molecule has 0 aliphatic rings. The number of hydrazone groups is 1. The number of aromatic nitrogens is 5. The first-order valence-corrected chi connectivity index (χ1v) is 11.8. The molecule has 0 aliphatic heterocycles. The van der Waals surface area contributed by atoms with E-state index in [1.54, 1.807) is 18.6 Å². The number of pyridine rings is 3. The molecule has 0 spiro atoms. The molecule has 0 saturated carbocycles. The van der Waals surface area contributed by atoms with Crippen LogP contribution in [0.2, 0.25) is 0 Å². The summed E-state index contributed by atoms with van der Waals surface area (Å²) in [5, 5.41) is 22.8. The number of nitrogens with zero attached hydrogens (tertiary/aromatic N) is 7. The molecule has 4 heterocycles. The minimum absolute atomic E-state index is 0.0528. The maximum absolute atomic E-state index is 11.2. The fourth-order valence-corrected chi connectivity index (χ4v) is 4.02. The van der Waals surface area contributed by atoms with Crippen LogP contribution in [0.3, 0.4) is 0 Å². The molecule has 1 N–H and O–H groups in total. The van der Waals surface area contributed by atoms with Crippen LogP contribution in [-0.2, 0) is 0 Å². The smallest absolute Gasteiger partial charge is 0.276 e. The van der Waals surface area contributed by atoms with Crippen molar-refractivity contribution in [1.82, 2.24) is 25.3 Å². The lowest BCUT2D eigenvalue weighted by molar-refractivity contribution is -0.383. The Hall–Kier alpha value is -5.84. The Labute approximate surface area is 221 Å². The zero-order chi connectivity index (χ0) is 26.6. The summed E-state index contributed by atoms with van der Waals surface area (Å²) in [6.45, 7) is 0. The van der Waals surface area contributed by atoms with Crippen LogP contribution in [0.15, 0.2) is 107 Å². The molecule has 188 valence electrons. The molecule has 0 aliphatic carbocycles. The van der Waals surface area contributed by atoms with E-state index in [4.69, 9.17) is 4.98 Å². The van der Waals surface area contributed by atoms with Gasteiger partial charge in [0.2, 0.25) is 5.52 Å². The lowest BCUT2D eigenvalue weighted by atomic mass is 10.0. The lowest BCUT2D eigenvalue weighted by Gasteiger charge is -2.09. The van der Waals surface area contributed by atoms with E-state index in [0.29, 0.717) is 5.69 Å². The summed E-state index contributed by atoms with van der Waals surface area (Å²) in [4.78, 5) is 24.4. The van der Waals surface area contributed by atoms with Gasteiger partial charge in [0.25, 0.3) is 0 Å². The van der Waals surface area contributed by atoms with E-state index in [1.165, 1.54) is 12.1 Å². The molecule has 0 amide bonds. The molecular formula is C28H18N8O3. The molecule has 39 heavy (non-hydrogen) atoms. The number of hydrogen-bond donors (Lipinski definition) is 1. The number of benzene rings is 2. The van der Waals surface area contributed by atoms with E-state index in [9.17, 15) is 10.1 Å². The van der Waals surface area contributed by atoms with E-state index >= 15 is 0 Å². The predicted octanol–water partition coefficient (Wildman–Crippen LogP) is 5.76. The Morgan fingerprint density at radius 2 is 1.44 bits per heavy atom. The van der Waals surface area contributed by atoms with Gasteiger partial charge in [-0.05, 0) is 69.5 Å². The molecular weight excluding hydrogens is 496 g/mol. The summed E-state index contributed by atoms with van der Waals surface area (Å²) in [6, 6.07) is 26.2. The van der Waals surface area contributed by atoms with E-state index in [1.807, 2.05) is 72.8 Å². The van der Waals surface area contributed by atoms with Gasteiger partial charge in [0.05, 0.1) is 39.6 Å². The first kappa shape index (κ1) is 23.6. The minimum Gasteiger partial charge on any atom is -0.276 e. The van der Waals surface area contributed by atoms with Crippen molar-refractivity contribution < 1.29 is 9.55 Å². The SMILES string of the molecule is O=[N+]([O-])c1ccc(NN=Cc2ccc(-c3cc(-c4ccccn4)nc(-c4ccccn4)c3)cc2)c2nonc12. The highest BCUT2D eigenvalue weighted by atomic mass is 16.6. The Morgan fingerprint density at radius 1 is 0.769 bits per heavy atom. The lowest BCUT2D eigenvalue weighted by Crippen LogP contribution is -1.95. The summed E-state index contributed by atoms with van der Waals surface area (Å²) in [7, 11) is 0. The van der Waals surface area contributed by atoms with Crippen LogP contribution < -0.4 is 5.43 Å². The monoisotopic (exact) mass is 514 g/mol. The second-order valence-electron chi connectivity index (χ2n) is 8.40. The van der Waals surface area contributed by atoms with Crippen LogP contribution in [0.25, 0.3) is 44.9 Å². The molecule has 0 atom stereocenters. The van der Waals surface area contributed by atoms with Crippen LogP contribution in [0, 0.1) is 10.1 Å². The Morgan fingerprint density at radius 3 is 2.05 bits per heavy atom. The van der Waals surface area contributed by atoms with Gasteiger partial charge >= 0.3 is 5.69 Å². The van der Waals surface area contributed by atoms with Gasteiger partial charge in [0, 0.05) is 18.5 Å². The predicted molar refractivity (Wildman–Crippen MR) is 146 cm³/mol. The molecule has 0 saturated heterocycles. The van der Waals surface area contributed by atoms with Gasteiger partial charge in [0.1, 0.15) is 0 Å². The van der Waals surface area contributed by atoms with Gasteiger partial charge in [-0.15, -0.1) is 0 Å². The number of nitro groups is 1. The molecule has 0 unspecified atom stereocenters. The standard InChI is InChI=1S/C28H18N8O3/c37-36(38)26-12-11-23(27-28(26)35-39-34-27)33-31-17-18-7-9-19(10-8-18)20-15-24(21-5-1-3-13-29-21)32-25(16-20)22-6-2-4-14-30-22/h1-17,33H. The zero-order valence-electron chi connectivity index (χ0n) is 20.2. The fraction of sp³-hybridized carbons (Fsp3) is 0. The van der Waals surface area contributed by atoms with Gasteiger partial charge < -0.3 is 0 Å². The Balaban J connectivity index is 1.27. The zero-order valence-corrected chi connectivity index (χ0v) is 20.2. The van der Waals surface area contributed by atoms with Crippen LogP contribution in [0.5, 0.6) is 0 Å². The molecule has 6 aromatic rings. The summed E-state index contributed by atoms with van der Waals surface area (Å²) in [5.74, 6) is 0. The van der Waals surface area contributed by atoms with Crippen LogP contribution >= 0.6 is 0 Å². The maximum atomic E-state index is 11.2. The molecule has 0 bridgehead atoms. The average Bonchev–Trinajstić information content (AvgIpc) is 3.49. The second kappa shape index (κ2) is 10.3. The highest BCUT2D eigenvalue weighted by molar-refractivity contribution is 5.93. The number of fused-ring (bicyclic) bond motifs is 1. The van der Waals surface area contributed by atoms with Gasteiger partial charge in [-0.1, -0.05) is 36.4 Å². The van der Waals surface area contributed by atoms with Crippen LogP contribution in [-0.4, -0.2) is 36.4 Å². The number of anilines is 1. The molecule has 0 fully saturated rings. The summed E-state index contributed by atoms with van der Waals surface area (Å²) < 4.78 is 4.68. The highest BCUT2D eigenvalue weighted by Gasteiger charge is 2.19. The molecule has 0 radical (unpaired) electrons. The third-order valence-corrected chi connectivity index (χ3v) is 5.91. The number of non-ortho nitro benzene ring substituents is 1. The van der Waals surface area contributed by atoms with E-state index < -0.39 is 4.92 Å². The van der Waals surface area contributed by atoms with Crippen LogP contribution in [0.1, 0.15) is 5.56 Å². The normalized spacial score (nSPS) is 11.2. The van der Waals surface area contributed by atoms with Crippen molar-refractivity contribution in [1.29, 1.82) is 0 Å². The van der Waals surface area contributed by atoms with E-state index in [2.05, 4.69) is 35.4 Å². The summed E-state index contributed by atoms with van der Waals surface area (Å²) in [6.07, 6.45) is 5.12. The van der Waals surface area contributed by atoms with Crippen molar-refractivity contribution in [2.24, 2.45) is 5.10 Å². The number of nitro benzene ring substituents is 1. The van der Waals surface area contributed by atoms with Gasteiger partial charge in [0.15, 0.2) is 5.52 Å². The maximum Gasteiger partial charge on any atom is 0.300 e. The van der Waals surface area contributed by atoms with Gasteiger partial charge in [-0.3, -0.25) is 25.5 Å². The van der Waals surface area contributed by atoms with Gasteiger partial charge in [-0.2, -0.15) is 5.10 Å². The van der Waals surface area contributed by atoms with Crippen LogP contribution in [0.4, 0.5) is 11.4 Å². The first-order valence-electron chi connectivity index (χ1n) is 11.8. The van der Waals surface area contributed by atoms with Crippen molar-refractivity contribution in [3.8, 4) is 33.9 Å². The number of rotatable bonds is 7. The quantitative estimate of drug-likeness (QED) is 0.159. The number of hydrogen-bond acceptors (Lipinski definition) is 10. The van der Waals surface area contributed by atoms with Crippen molar-refractivity contribution in [3.05, 3.63) is 113 Å². The molecule has 6 rings (SSSR count). The average molecular weight is 515 g/mol. The molecule has 2 aromatic carbocycles. The highest BCUT2D eigenvalue weighted by Crippen LogP contribution is 2.30. The topological polar surface area (TPSA) is 145 Å². The Bertz CT molecular complexity index is 1750. The third-order valence-electron chi connectivity index (χ3n) is 5.91. The van der Waals surface area contributed by atoms with Gasteiger partial charge in [-0.25, -0.2) is 9.61 Å². The Kier molecular flexibility index (Phi) is 6.20. The van der Waals surface area contributed by atoms with Crippen molar-refractivity contribution >= 4 is 28.6 Å². The molecule has 11 heteroatoms. The van der Waals surface area contributed by atoms with Crippen molar-refractivity contribution in [2.45, 2.75) is 0 Å². The second-order valence-corrected chi connectivity index (χ2v) is 8.40. The number of nitrogens with one attached hydrogen (secondary N) is 1. The molecule has 4 aromatic heterocycles. The fourth-order valence-electron chi connectivity index (χ4n) is 4.02. The van der Waals surface area contributed by atoms with E-state index in [-0.39, 0.29) is 16.7 Å². The largest absolute Gasteiger partial charge is 0.300 e.